The van der Waals surface area contributed by atoms with Gasteiger partial charge in [-0.15, -0.1) is 0 Å². The highest BCUT2D eigenvalue weighted by Gasteiger charge is 2.06. The average Bonchev–Trinajstić information content (AvgIpc) is 2.07. The Bertz CT molecular complexity index is 236. The Morgan fingerprint density at radius 2 is 2.50 bits per heavy atom. The summed E-state index contributed by atoms with van der Waals surface area (Å²) >= 11 is 0. The molecule has 0 bridgehead atoms. The molecule has 0 aromatic rings. The Balaban J connectivity index is 3.87. The lowest BCUT2D eigenvalue weighted by atomic mass is 10.4. The first kappa shape index (κ1) is 10.3. The molecular formula is C7H10N4O. The van der Waals surface area contributed by atoms with Crippen molar-refractivity contribution in [1.82, 2.24) is 4.90 Å². The number of carbonyl (C=O) groups excluding carboxylic acids is 1. The Morgan fingerprint density at radius 1 is 1.83 bits per heavy atom. The fraction of sp³-hybridized carbons (Fsp3) is 0.571. The highest BCUT2D eigenvalue weighted by Crippen LogP contribution is 1.92. The molecule has 5 heteroatoms. The maximum Gasteiger partial charge on any atom is 0.234 e. The monoisotopic (exact) mass is 166 g/mol. The molecule has 0 saturated heterocycles. The van der Waals surface area contributed by atoms with Crippen LogP contribution in [0.15, 0.2) is 5.11 Å². The topological polar surface area (TPSA) is 69.1 Å². The van der Waals surface area contributed by atoms with Crippen LogP contribution < -0.4 is 0 Å². The third-order valence-electron chi connectivity index (χ3n) is 1.26. The molecule has 0 aliphatic rings. The minimum atomic E-state index is -0.188. The van der Waals surface area contributed by atoms with E-state index in [0.717, 1.165) is 0 Å². The molecule has 0 spiro atoms. The second-order valence-corrected chi connectivity index (χ2v) is 1.97. The lowest BCUT2D eigenvalue weighted by molar-refractivity contribution is -0.127. The van der Waals surface area contributed by atoms with Gasteiger partial charge in [0.25, 0.3) is 0 Å². The zero-order valence-corrected chi connectivity index (χ0v) is 6.90. The summed E-state index contributed by atoms with van der Waals surface area (Å²) < 4.78 is 0. The van der Waals surface area contributed by atoms with Crippen LogP contribution in [0.4, 0.5) is 0 Å². The van der Waals surface area contributed by atoms with E-state index in [0.29, 0.717) is 6.54 Å². The molecular weight excluding hydrogens is 156 g/mol. The van der Waals surface area contributed by atoms with Gasteiger partial charge in [0.1, 0.15) is 0 Å². The Hall–Kier alpha value is -1.66. The highest BCUT2D eigenvalue weighted by molar-refractivity contribution is 5.78. The first-order valence-electron chi connectivity index (χ1n) is 3.53. The van der Waals surface area contributed by atoms with Gasteiger partial charge in [-0.3, -0.25) is 9.69 Å². The van der Waals surface area contributed by atoms with Crippen molar-refractivity contribution in [3.63, 3.8) is 0 Å². The Kier molecular flexibility index (Phi) is 5.24. The number of terminal acetylenes is 1. The van der Waals surface area contributed by atoms with Crippen LogP contribution in [0, 0.1) is 12.5 Å². The first-order valence-corrected chi connectivity index (χ1v) is 3.53. The predicted octanol–water partition coefficient (Wildman–Crippen LogP) is 1.13. The SMILES string of the molecule is C#CN(CC)C(=O)CCN=[N+]=[N-]. The van der Waals surface area contributed by atoms with E-state index in [-0.39, 0.29) is 18.9 Å². The van der Waals surface area contributed by atoms with Crippen LogP contribution in [-0.2, 0) is 4.79 Å². The predicted molar refractivity (Wildman–Crippen MR) is 44.9 cm³/mol. The standard InChI is InChI=1S/C7H10N4O/c1-3-11(4-2)7(12)5-6-9-10-8/h1H,4-6H2,2H3. The second-order valence-electron chi connectivity index (χ2n) is 1.97. The van der Waals surface area contributed by atoms with Crippen molar-refractivity contribution in [2.75, 3.05) is 13.1 Å². The van der Waals surface area contributed by atoms with Crippen molar-refractivity contribution < 1.29 is 4.79 Å². The number of carbonyl (C=O) groups is 1. The molecule has 12 heavy (non-hydrogen) atoms. The van der Waals surface area contributed by atoms with Gasteiger partial charge in [-0.1, -0.05) is 11.5 Å². The van der Waals surface area contributed by atoms with Crippen molar-refractivity contribution in [1.29, 1.82) is 0 Å². The lowest BCUT2D eigenvalue weighted by Gasteiger charge is -2.10. The molecule has 5 nitrogen and oxygen atoms in total. The van der Waals surface area contributed by atoms with Crippen molar-refractivity contribution in [2.24, 2.45) is 5.11 Å². The van der Waals surface area contributed by atoms with Gasteiger partial charge in [-0.05, 0) is 12.5 Å². The molecule has 0 heterocycles. The van der Waals surface area contributed by atoms with E-state index >= 15 is 0 Å². The van der Waals surface area contributed by atoms with Gasteiger partial charge < -0.3 is 0 Å². The van der Waals surface area contributed by atoms with Gasteiger partial charge >= 0.3 is 0 Å². The third-order valence-corrected chi connectivity index (χ3v) is 1.26. The summed E-state index contributed by atoms with van der Waals surface area (Å²) in [6.07, 6.45) is 5.21. The molecule has 0 aromatic carbocycles. The third kappa shape index (κ3) is 3.49. The highest BCUT2D eigenvalue weighted by atomic mass is 16.2. The smallest absolute Gasteiger partial charge is 0.234 e. The maximum atomic E-state index is 11.1. The van der Waals surface area contributed by atoms with Gasteiger partial charge in [-0.25, -0.2) is 0 Å². The summed E-state index contributed by atoms with van der Waals surface area (Å²) in [5, 5.41) is 3.23. The molecule has 0 unspecified atom stereocenters. The summed E-state index contributed by atoms with van der Waals surface area (Å²) in [4.78, 5) is 14.8. The van der Waals surface area contributed by atoms with Crippen LogP contribution >= 0.6 is 0 Å². The Labute approximate surface area is 71.0 Å². The molecule has 0 aliphatic carbocycles. The van der Waals surface area contributed by atoms with Crippen LogP contribution in [0.2, 0.25) is 0 Å². The molecule has 0 N–H and O–H groups in total. The maximum absolute atomic E-state index is 11.1. The van der Waals surface area contributed by atoms with Crippen molar-refractivity contribution in [2.45, 2.75) is 13.3 Å². The summed E-state index contributed by atoms with van der Waals surface area (Å²) in [7, 11) is 0. The zero-order valence-electron chi connectivity index (χ0n) is 6.90. The van der Waals surface area contributed by atoms with Crippen LogP contribution in [0.3, 0.4) is 0 Å². The molecule has 0 rings (SSSR count). The molecule has 0 aromatic heterocycles. The minimum absolute atomic E-state index is 0.160. The largest absolute Gasteiger partial charge is 0.274 e. The van der Waals surface area contributed by atoms with E-state index in [1.54, 1.807) is 6.92 Å². The van der Waals surface area contributed by atoms with E-state index in [1.807, 2.05) is 0 Å². The average molecular weight is 166 g/mol. The first-order chi connectivity index (χ1) is 5.76. The van der Waals surface area contributed by atoms with E-state index in [4.69, 9.17) is 12.0 Å². The molecule has 0 saturated carbocycles. The van der Waals surface area contributed by atoms with Gasteiger partial charge in [0.05, 0.1) is 0 Å². The number of amides is 1. The molecule has 64 valence electrons. The fourth-order valence-corrected chi connectivity index (χ4v) is 0.665. The van der Waals surface area contributed by atoms with E-state index in [2.05, 4.69) is 16.1 Å². The number of azide groups is 1. The van der Waals surface area contributed by atoms with Crippen LogP contribution in [0.5, 0.6) is 0 Å². The zero-order chi connectivity index (χ0) is 9.40. The summed E-state index contributed by atoms with van der Waals surface area (Å²) in [5.74, 6) is -0.188. The van der Waals surface area contributed by atoms with Crippen LogP contribution in [0.25, 0.3) is 10.4 Å². The Morgan fingerprint density at radius 3 is 2.92 bits per heavy atom. The van der Waals surface area contributed by atoms with Gasteiger partial charge in [0.2, 0.25) is 5.91 Å². The van der Waals surface area contributed by atoms with Gasteiger partial charge in [-0.2, -0.15) is 0 Å². The summed E-state index contributed by atoms with van der Waals surface area (Å²) in [6, 6.07) is 2.23. The molecule has 1 amide bonds. The van der Waals surface area contributed by atoms with Gasteiger partial charge in [0.15, 0.2) is 0 Å². The normalized spacial score (nSPS) is 8.00. The number of rotatable bonds is 4. The number of hydrogen-bond donors (Lipinski definition) is 0. The van der Waals surface area contributed by atoms with Gasteiger partial charge in [0, 0.05) is 30.5 Å². The van der Waals surface area contributed by atoms with Crippen molar-refractivity contribution in [3.8, 4) is 12.5 Å². The molecule has 0 atom stereocenters. The summed E-state index contributed by atoms with van der Waals surface area (Å²) in [5.41, 5.74) is 7.93. The van der Waals surface area contributed by atoms with Crippen molar-refractivity contribution in [3.05, 3.63) is 10.4 Å². The fourth-order valence-electron chi connectivity index (χ4n) is 0.665. The summed E-state index contributed by atoms with van der Waals surface area (Å²) in [6.45, 7) is 2.42. The lowest BCUT2D eigenvalue weighted by Crippen LogP contribution is -2.25. The number of hydrogen-bond acceptors (Lipinski definition) is 2. The number of nitrogens with zero attached hydrogens (tertiary/aromatic N) is 4. The van der Waals surface area contributed by atoms with Crippen LogP contribution in [-0.4, -0.2) is 23.9 Å². The van der Waals surface area contributed by atoms with Crippen molar-refractivity contribution >= 4 is 5.91 Å². The van der Waals surface area contributed by atoms with Crippen LogP contribution in [0.1, 0.15) is 13.3 Å². The van der Waals surface area contributed by atoms with E-state index < -0.39 is 0 Å². The molecule has 0 radical (unpaired) electrons. The quantitative estimate of drug-likeness (QED) is 0.203. The molecule has 0 fully saturated rings. The van der Waals surface area contributed by atoms with E-state index in [1.165, 1.54) is 4.90 Å². The minimum Gasteiger partial charge on any atom is -0.274 e. The second kappa shape index (κ2) is 6.08. The van der Waals surface area contributed by atoms with E-state index in [9.17, 15) is 4.79 Å². The molecule has 0 aliphatic heterocycles.